The summed E-state index contributed by atoms with van der Waals surface area (Å²) in [5, 5.41) is 77.3. The van der Waals surface area contributed by atoms with E-state index in [0.717, 1.165) is 10.0 Å². The van der Waals surface area contributed by atoms with Crippen molar-refractivity contribution in [2.75, 3.05) is 72.0 Å². The first kappa shape index (κ1) is 59.1. The van der Waals surface area contributed by atoms with Gasteiger partial charge in [0, 0.05) is 82.6 Å². The Labute approximate surface area is 394 Å². The number of urea groups is 1. The maximum atomic E-state index is 13.4. The predicted octanol–water partition coefficient (Wildman–Crippen LogP) is -0.425. The molecule has 0 aliphatic rings. The van der Waals surface area contributed by atoms with E-state index in [0.29, 0.717) is 19.3 Å². The van der Waals surface area contributed by atoms with Crippen LogP contribution in [0.3, 0.4) is 0 Å². The van der Waals surface area contributed by atoms with Gasteiger partial charge in [0.15, 0.2) is 0 Å². The standard InChI is InChI=1S/C41H63BrN8O17/c42-28-9-7-27(8-10-28)24-50(18-4-2-5-30(39(63)64)46-41(67)47-31(40(65)66)12-14-34(53)54)33(52)6-1-3-15-45-32(51)13-11-29(38(61)62)44-17-20-49(26-37(59)60)22-21-48(25-36(57)58)19-16-43-23-35(55)56/h7-10,29-31,43-44H,1-6,11-26H2,(H,45,51)(H,53,54)(H,55,56)(H,57,58)(H,59,60)(H,61,62)(H,63,64)(H,65,66)(H2,46,47,67)/t29?,30-,31?/m0/s1. The highest BCUT2D eigenvalue weighted by atomic mass is 79.9. The fraction of sp³-hybridized carbons (Fsp3) is 0.610. The quantitative estimate of drug-likeness (QED) is 0.0372. The molecule has 0 saturated carbocycles. The minimum absolute atomic E-state index is 0.0337. The zero-order chi connectivity index (χ0) is 50.3. The lowest BCUT2D eigenvalue weighted by Crippen LogP contribution is -2.51. The zero-order valence-corrected chi connectivity index (χ0v) is 38.6. The van der Waals surface area contributed by atoms with E-state index < -0.39 is 91.2 Å². The third-order valence-electron chi connectivity index (χ3n) is 9.91. The summed E-state index contributed by atoms with van der Waals surface area (Å²) >= 11 is 3.37. The summed E-state index contributed by atoms with van der Waals surface area (Å²) in [6, 6.07) is 2.11. The molecule has 0 fully saturated rings. The summed E-state index contributed by atoms with van der Waals surface area (Å²) < 4.78 is 0.831. The van der Waals surface area contributed by atoms with Crippen LogP contribution < -0.4 is 26.6 Å². The first-order valence-corrected chi connectivity index (χ1v) is 22.3. The molecule has 1 rings (SSSR count). The number of carboxylic acids is 7. The summed E-state index contributed by atoms with van der Waals surface area (Å²) in [5.74, 6) is -9.35. The third kappa shape index (κ3) is 29.3. The average molecular weight is 1020 g/mol. The van der Waals surface area contributed by atoms with Crippen LogP contribution in [0, 0.1) is 0 Å². The number of halogens is 1. The minimum Gasteiger partial charge on any atom is -0.481 e. The maximum Gasteiger partial charge on any atom is 0.326 e. The Kier molecular flexibility index (Phi) is 29.5. The Morgan fingerprint density at radius 2 is 1.09 bits per heavy atom. The van der Waals surface area contributed by atoms with E-state index in [1.807, 2.05) is 24.3 Å². The number of hydrogen-bond acceptors (Lipinski definition) is 14. The van der Waals surface area contributed by atoms with Gasteiger partial charge in [-0.1, -0.05) is 28.1 Å². The van der Waals surface area contributed by atoms with E-state index in [9.17, 15) is 73.5 Å². The largest absolute Gasteiger partial charge is 0.481 e. The molecule has 0 radical (unpaired) electrons. The summed E-state index contributed by atoms with van der Waals surface area (Å²) in [7, 11) is 0. The molecule has 0 spiro atoms. The van der Waals surface area contributed by atoms with Crippen molar-refractivity contribution in [3.63, 3.8) is 0 Å². The van der Waals surface area contributed by atoms with Crippen molar-refractivity contribution in [3.05, 3.63) is 34.3 Å². The Hall–Kier alpha value is -5.96. The molecule has 0 aromatic heterocycles. The number of amides is 4. The van der Waals surface area contributed by atoms with Gasteiger partial charge in [-0.05, 0) is 62.6 Å². The van der Waals surface area contributed by atoms with Gasteiger partial charge in [-0.2, -0.15) is 0 Å². The third-order valence-corrected chi connectivity index (χ3v) is 10.4. The van der Waals surface area contributed by atoms with Gasteiger partial charge >= 0.3 is 47.8 Å². The second-order valence-corrected chi connectivity index (χ2v) is 16.3. The van der Waals surface area contributed by atoms with Crippen molar-refractivity contribution < 1.29 is 83.7 Å². The number of rotatable bonds is 39. The van der Waals surface area contributed by atoms with Crippen molar-refractivity contribution >= 4 is 75.6 Å². The molecule has 12 N–H and O–H groups in total. The molecule has 0 aliphatic carbocycles. The van der Waals surface area contributed by atoms with Gasteiger partial charge in [-0.25, -0.2) is 14.4 Å². The first-order valence-electron chi connectivity index (χ1n) is 21.5. The topological polar surface area (TPSA) is 382 Å². The molecule has 4 amide bonds. The van der Waals surface area contributed by atoms with Crippen LogP contribution in [0.4, 0.5) is 4.79 Å². The summed E-state index contributed by atoms with van der Waals surface area (Å²) in [6.45, 7) is 0.321. The molecule has 26 heteroatoms. The number of hydrogen-bond donors (Lipinski definition) is 12. The minimum atomic E-state index is -1.55. The van der Waals surface area contributed by atoms with Gasteiger partial charge < -0.3 is 67.2 Å². The van der Waals surface area contributed by atoms with E-state index in [1.54, 1.807) is 4.90 Å². The smallest absolute Gasteiger partial charge is 0.326 e. The van der Waals surface area contributed by atoms with Crippen LogP contribution in [0.1, 0.15) is 69.8 Å². The number of benzene rings is 1. The number of nitrogens with one attached hydrogen (secondary N) is 5. The highest BCUT2D eigenvalue weighted by molar-refractivity contribution is 9.10. The molecule has 0 heterocycles. The molecule has 1 aromatic carbocycles. The number of unbranched alkanes of at least 4 members (excludes halogenated alkanes) is 2. The molecule has 1 aromatic rings. The van der Waals surface area contributed by atoms with Gasteiger partial charge in [0.25, 0.3) is 0 Å². The van der Waals surface area contributed by atoms with E-state index >= 15 is 0 Å². The summed E-state index contributed by atoms with van der Waals surface area (Å²) in [6.07, 6.45) is 0.284. The number of carboxylic acid groups (broad SMARTS) is 7. The maximum absolute atomic E-state index is 13.4. The first-order chi connectivity index (χ1) is 31.7. The molecule has 0 saturated heterocycles. The molecule has 0 bridgehead atoms. The van der Waals surface area contributed by atoms with Crippen LogP contribution in [0.5, 0.6) is 0 Å². The molecule has 0 aliphatic heterocycles. The van der Waals surface area contributed by atoms with E-state index in [-0.39, 0.29) is 110 Å². The van der Waals surface area contributed by atoms with E-state index in [4.69, 9.17) is 10.2 Å². The van der Waals surface area contributed by atoms with Crippen LogP contribution >= 0.6 is 15.9 Å². The fourth-order valence-electron chi connectivity index (χ4n) is 6.39. The molecular formula is C41H63BrN8O17. The average Bonchev–Trinajstić information content (AvgIpc) is 3.24. The second-order valence-electron chi connectivity index (χ2n) is 15.4. The van der Waals surface area contributed by atoms with Gasteiger partial charge in [-0.15, -0.1) is 0 Å². The second kappa shape index (κ2) is 33.5. The predicted molar refractivity (Wildman–Crippen MR) is 239 cm³/mol. The van der Waals surface area contributed by atoms with Crippen LogP contribution in [0.25, 0.3) is 0 Å². The lowest BCUT2D eigenvalue weighted by Gasteiger charge is -2.26. The van der Waals surface area contributed by atoms with Gasteiger partial charge in [0.2, 0.25) is 11.8 Å². The Morgan fingerprint density at radius 1 is 0.537 bits per heavy atom. The van der Waals surface area contributed by atoms with Crippen molar-refractivity contribution in [1.29, 1.82) is 0 Å². The molecular weight excluding hydrogens is 956 g/mol. The van der Waals surface area contributed by atoms with Crippen molar-refractivity contribution in [2.45, 2.75) is 88.9 Å². The molecule has 376 valence electrons. The van der Waals surface area contributed by atoms with Crippen LogP contribution in [0.2, 0.25) is 0 Å². The zero-order valence-electron chi connectivity index (χ0n) is 37.0. The number of aliphatic carboxylic acids is 7. The van der Waals surface area contributed by atoms with Crippen LogP contribution in [-0.4, -0.2) is 200 Å². The Morgan fingerprint density at radius 3 is 1.63 bits per heavy atom. The highest BCUT2D eigenvalue weighted by Gasteiger charge is 2.26. The highest BCUT2D eigenvalue weighted by Crippen LogP contribution is 2.15. The fourth-order valence-corrected chi connectivity index (χ4v) is 6.66. The Balaban J connectivity index is 2.65. The monoisotopic (exact) mass is 1020 g/mol. The molecule has 67 heavy (non-hydrogen) atoms. The van der Waals surface area contributed by atoms with Crippen LogP contribution in [-0.2, 0) is 49.7 Å². The number of nitrogens with zero attached hydrogens (tertiary/aromatic N) is 3. The molecule has 3 atom stereocenters. The number of carbonyl (C=O) groups excluding carboxylic acids is 3. The van der Waals surface area contributed by atoms with E-state index in [2.05, 4.69) is 42.5 Å². The van der Waals surface area contributed by atoms with Gasteiger partial charge in [0.05, 0.1) is 19.6 Å². The Bertz CT molecular complexity index is 1790. The summed E-state index contributed by atoms with van der Waals surface area (Å²) in [5.41, 5.74) is 0.828. The van der Waals surface area contributed by atoms with Crippen molar-refractivity contribution in [1.82, 2.24) is 41.3 Å². The van der Waals surface area contributed by atoms with Crippen molar-refractivity contribution in [3.8, 4) is 0 Å². The SMILES string of the molecule is O=C(O)CCC(NC(=O)N[C@@H](CCCCN(Cc1ccc(Br)cc1)C(=O)CCCCNC(=O)CCC(NCCN(CCN(CCNCC(=O)O)CC(=O)O)CC(=O)O)C(=O)O)C(=O)O)C(=O)O. The van der Waals surface area contributed by atoms with Crippen LogP contribution in [0.15, 0.2) is 28.7 Å². The van der Waals surface area contributed by atoms with Gasteiger partial charge in [0.1, 0.15) is 18.1 Å². The lowest BCUT2D eigenvalue weighted by atomic mass is 10.1. The van der Waals surface area contributed by atoms with Gasteiger partial charge in [-0.3, -0.25) is 43.4 Å². The summed E-state index contributed by atoms with van der Waals surface area (Å²) in [4.78, 5) is 123. The van der Waals surface area contributed by atoms with Crippen molar-refractivity contribution in [2.24, 2.45) is 0 Å². The molecule has 25 nitrogen and oxygen atoms in total. The normalized spacial score (nSPS) is 12.4. The number of carbonyl (C=O) groups is 10. The van der Waals surface area contributed by atoms with E-state index in [1.165, 1.54) is 9.80 Å². The molecule has 2 unspecified atom stereocenters. The lowest BCUT2D eigenvalue weighted by molar-refractivity contribution is -0.141.